The van der Waals surface area contributed by atoms with E-state index in [1.807, 2.05) is 0 Å². The zero-order valence-corrected chi connectivity index (χ0v) is 8.24. The van der Waals surface area contributed by atoms with Gasteiger partial charge in [0.1, 0.15) is 0 Å². The SMILES string of the molecule is N[C@H]1CC[C@@H](CN2CCOCC2)C1. The Kier molecular flexibility index (Phi) is 3.19. The Morgan fingerprint density at radius 3 is 2.62 bits per heavy atom. The molecule has 1 saturated heterocycles. The van der Waals surface area contributed by atoms with Crippen LogP contribution in [0.3, 0.4) is 0 Å². The Morgan fingerprint density at radius 2 is 2.00 bits per heavy atom. The Hall–Kier alpha value is -0.120. The van der Waals surface area contributed by atoms with Gasteiger partial charge in [0, 0.05) is 25.7 Å². The molecule has 2 aliphatic rings. The summed E-state index contributed by atoms with van der Waals surface area (Å²) < 4.78 is 5.32. The van der Waals surface area contributed by atoms with Crippen LogP contribution in [0.2, 0.25) is 0 Å². The Balaban J connectivity index is 1.71. The highest BCUT2D eigenvalue weighted by molar-refractivity contribution is 4.80. The minimum Gasteiger partial charge on any atom is -0.379 e. The number of hydrogen-bond donors (Lipinski definition) is 1. The van der Waals surface area contributed by atoms with E-state index in [4.69, 9.17) is 10.5 Å². The maximum atomic E-state index is 5.89. The van der Waals surface area contributed by atoms with Crippen molar-refractivity contribution in [3.63, 3.8) is 0 Å². The molecule has 2 N–H and O–H groups in total. The van der Waals surface area contributed by atoms with Gasteiger partial charge in [0.2, 0.25) is 0 Å². The molecule has 0 radical (unpaired) electrons. The molecule has 0 aromatic rings. The standard InChI is InChI=1S/C10H20N2O/c11-10-2-1-9(7-10)8-12-3-5-13-6-4-12/h9-10H,1-8,11H2/t9-,10+/m1/s1. The first-order chi connectivity index (χ1) is 6.34. The predicted molar refractivity (Wildman–Crippen MR) is 52.6 cm³/mol. The summed E-state index contributed by atoms with van der Waals surface area (Å²) in [7, 11) is 0. The van der Waals surface area contributed by atoms with Crippen LogP contribution in [-0.2, 0) is 4.74 Å². The summed E-state index contributed by atoms with van der Waals surface area (Å²) in [5.41, 5.74) is 5.89. The molecule has 1 aliphatic heterocycles. The van der Waals surface area contributed by atoms with Crippen LogP contribution in [0.1, 0.15) is 19.3 Å². The highest BCUT2D eigenvalue weighted by atomic mass is 16.5. The largest absolute Gasteiger partial charge is 0.379 e. The summed E-state index contributed by atoms with van der Waals surface area (Å²) in [5.74, 6) is 0.855. The molecule has 2 rings (SSSR count). The van der Waals surface area contributed by atoms with Crippen molar-refractivity contribution < 1.29 is 4.74 Å². The van der Waals surface area contributed by atoms with Gasteiger partial charge in [-0.15, -0.1) is 0 Å². The fourth-order valence-corrected chi connectivity index (χ4v) is 2.43. The highest BCUT2D eigenvalue weighted by Gasteiger charge is 2.24. The second kappa shape index (κ2) is 4.40. The maximum absolute atomic E-state index is 5.89. The minimum absolute atomic E-state index is 0.478. The second-order valence-corrected chi connectivity index (χ2v) is 4.35. The summed E-state index contributed by atoms with van der Waals surface area (Å²) in [6, 6.07) is 0.478. The molecule has 2 atom stereocenters. The molecule has 1 aliphatic carbocycles. The van der Waals surface area contributed by atoms with Crippen molar-refractivity contribution in [3.05, 3.63) is 0 Å². The molecule has 2 fully saturated rings. The lowest BCUT2D eigenvalue weighted by atomic mass is 10.1. The molecule has 3 heteroatoms. The van der Waals surface area contributed by atoms with Gasteiger partial charge in [-0.25, -0.2) is 0 Å². The van der Waals surface area contributed by atoms with Gasteiger partial charge in [0.05, 0.1) is 13.2 Å². The molecule has 0 aromatic heterocycles. The molecular weight excluding hydrogens is 164 g/mol. The smallest absolute Gasteiger partial charge is 0.0594 e. The van der Waals surface area contributed by atoms with Gasteiger partial charge in [-0.3, -0.25) is 4.90 Å². The molecule has 1 heterocycles. The first kappa shape index (κ1) is 9.44. The fourth-order valence-electron chi connectivity index (χ4n) is 2.43. The van der Waals surface area contributed by atoms with Crippen LogP contribution in [0.4, 0.5) is 0 Å². The van der Waals surface area contributed by atoms with Gasteiger partial charge in [0.15, 0.2) is 0 Å². The number of hydrogen-bond acceptors (Lipinski definition) is 3. The van der Waals surface area contributed by atoms with E-state index in [2.05, 4.69) is 4.90 Å². The van der Waals surface area contributed by atoms with Crippen LogP contribution in [-0.4, -0.2) is 43.8 Å². The number of ether oxygens (including phenoxy) is 1. The highest BCUT2D eigenvalue weighted by Crippen LogP contribution is 2.24. The predicted octanol–water partition coefficient (Wildman–Crippen LogP) is 0.446. The number of nitrogens with two attached hydrogens (primary N) is 1. The third kappa shape index (κ3) is 2.66. The molecule has 3 nitrogen and oxygen atoms in total. The lowest BCUT2D eigenvalue weighted by Gasteiger charge is -2.28. The summed E-state index contributed by atoms with van der Waals surface area (Å²) in [4.78, 5) is 2.52. The van der Waals surface area contributed by atoms with Crippen molar-refractivity contribution in [2.24, 2.45) is 11.7 Å². The summed E-state index contributed by atoms with van der Waals surface area (Å²) in [6.07, 6.45) is 3.80. The normalized spacial score (nSPS) is 36.7. The first-order valence-corrected chi connectivity index (χ1v) is 5.40. The molecule has 76 valence electrons. The average Bonchev–Trinajstić information content (AvgIpc) is 2.53. The first-order valence-electron chi connectivity index (χ1n) is 5.40. The van der Waals surface area contributed by atoms with Gasteiger partial charge in [-0.1, -0.05) is 0 Å². The lowest BCUT2D eigenvalue weighted by molar-refractivity contribution is 0.0310. The van der Waals surface area contributed by atoms with E-state index in [0.717, 1.165) is 32.2 Å². The van der Waals surface area contributed by atoms with Crippen LogP contribution in [0.5, 0.6) is 0 Å². The Labute approximate surface area is 80.2 Å². The van der Waals surface area contributed by atoms with Crippen molar-refractivity contribution in [1.29, 1.82) is 0 Å². The van der Waals surface area contributed by atoms with E-state index in [0.29, 0.717) is 6.04 Å². The summed E-state index contributed by atoms with van der Waals surface area (Å²) in [6.45, 7) is 5.31. The van der Waals surface area contributed by atoms with E-state index in [-0.39, 0.29) is 0 Å². The van der Waals surface area contributed by atoms with Crippen LogP contribution in [0.15, 0.2) is 0 Å². The van der Waals surface area contributed by atoms with E-state index < -0.39 is 0 Å². The van der Waals surface area contributed by atoms with Crippen molar-refractivity contribution in [2.45, 2.75) is 25.3 Å². The van der Waals surface area contributed by atoms with E-state index in [9.17, 15) is 0 Å². The minimum atomic E-state index is 0.478. The molecule has 0 bridgehead atoms. The second-order valence-electron chi connectivity index (χ2n) is 4.35. The topological polar surface area (TPSA) is 38.5 Å². The van der Waals surface area contributed by atoms with Gasteiger partial charge in [-0.05, 0) is 25.2 Å². The van der Waals surface area contributed by atoms with Gasteiger partial charge < -0.3 is 10.5 Å². The number of morpholine rings is 1. The van der Waals surface area contributed by atoms with Gasteiger partial charge >= 0.3 is 0 Å². The van der Waals surface area contributed by atoms with Crippen molar-refractivity contribution in [3.8, 4) is 0 Å². The zero-order chi connectivity index (χ0) is 9.10. The Bertz CT molecular complexity index is 154. The van der Waals surface area contributed by atoms with Crippen LogP contribution >= 0.6 is 0 Å². The van der Waals surface area contributed by atoms with Crippen molar-refractivity contribution >= 4 is 0 Å². The molecule has 0 aromatic carbocycles. The summed E-state index contributed by atoms with van der Waals surface area (Å²) >= 11 is 0. The molecule has 0 amide bonds. The summed E-state index contributed by atoms with van der Waals surface area (Å²) in [5, 5.41) is 0. The van der Waals surface area contributed by atoms with E-state index >= 15 is 0 Å². The third-order valence-electron chi connectivity index (χ3n) is 3.20. The van der Waals surface area contributed by atoms with Crippen molar-refractivity contribution in [2.75, 3.05) is 32.8 Å². The number of rotatable bonds is 2. The van der Waals surface area contributed by atoms with Crippen LogP contribution < -0.4 is 5.73 Å². The van der Waals surface area contributed by atoms with Gasteiger partial charge in [-0.2, -0.15) is 0 Å². The van der Waals surface area contributed by atoms with Crippen LogP contribution in [0, 0.1) is 5.92 Å². The zero-order valence-electron chi connectivity index (χ0n) is 8.24. The molecule has 13 heavy (non-hydrogen) atoms. The van der Waals surface area contributed by atoms with Crippen LogP contribution in [0.25, 0.3) is 0 Å². The molecule has 1 saturated carbocycles. The lowest BCUT2D eigenvalue weighted by Crippen LogP contribution is -2.39. The molecular formula is C10H20N2O. The third-order valence-corrected chi connectivity index (χ3v) is 3.20. The molecule has 0 unspecified atom stereocenters. The Morgan fingerprint density at radius 1 is 1.23 bits per heavy atom. The average molecular weight is 184 g/mol. The molecule has 0 spiro atoms. The fraction of sp³-hybridized carbons (Fsp3) is 1.00. The van der Waals surface area contributed by atoms with E-state index in [1.54, 1.807) is 0 Å². The van der Waals surface area contributed by atoms with Crippen molar-refractivity contribution in [1.82, 2.24) is 4.90 Å². The maximum Gasteiger partial charge on any atom is 0.0594 e. The monoisotopic (exact) mass is 184 g/mol. The quantitative estimate of drug-likeness (QED) is 0.677. The van der Waals surface area contributed by atoms with Gasteiger partial charge in [0.25, 0.3) is 0 Å². The number of nitrogens with zero attached hydrogens (tertiary/aromatic N) is 1. The van der Waals surface area contributed by atoms with E-state index in [1.165, 1.54) is 25.8 Å².